The maximum absolute atomic E-state index is 5.90. The molecule has 0 aromatic rings. The molecule has 2 N–H and O–H groups in total. The van der Waals surface area contributed by atoms with Crippen molar-refractivity contribution in [2.24, 2.45) is 11.7 Å². The van der Waals surface area contributed by atoms with E-state index in [2.05, 4.69) is 25.7 Å². The Labute approximate surface area is 95.2 Å². The van der Waals surface area contributed by atoms with Crippen LogP contribution in [0.4, 0.5) is 0 Å². The Hall–Kier alpha value is -0.0800. The number of likely N-dealkylation sites (tertiary alicyclic amines) is 1. The van der Waals surface area contributed by atoms with E-state index in [0.29, 0.717) is 6.04 Å². The Bertz CT molecular complexity index is 170. The van der Waals surface area contributed by atoms with Gasteiger partial charge in [-0.15, -0.1) is 0 Å². The first-order valence-electron chi connectivity index (χ1n) is 6.64. The number of unbranched alkanes of at least 4 members (excludes halogenated alkanes) is 1. The lowest BCUT2D eigenvalue weighted by Crippen LogP contribution is -2.49. The third-order valence-corrected chi connectivity index (χ3v) is 3.82. The van der Waals surface area contributed by atoms with E-state index in [1.54, 1.807) is 0 Å². The minimum atomic E-state index is 0.632. The Kier molecular flexibility index (Phi) is 5.62. The fourth-order valence-corrected chi connectivity index (χ4v) is 2.83. The fourth-order valence-electron chi connectivity index (χ4n) is 2.83. The highest BCUT2D eigenvalue weighted by Gasteiger charge is 2.27. The molecule has 3 atom stereocenters. The van der Waals surface area contributed by atoms with E-state index in [0.717, 1.165) is 18.5 Å². The van der Waals surface area contributed by atoms with Gasteiger partial charge in [0.1, 0.15) is 0 Å². The van der Waals surface area contributed by atoms with Crippen LogP contribution < -0.4 is 5.73 Å². The molecule has 1 rings (SSSR count). The van der Waals surface area contributed by atoms with Gasteiger partial charge < -0.3 is 5.73 Å². The van der Waals surface area contributed by atoms with E-state index in [9.17, 15) is 0 Å². The molecule has 90 valence electrons. The summed E-state index contributed by atoms with van der Waals surface area (Å²) in [6, 6.07) is 1.37. The van der Waals surface area contributed by atoms with Gasteiger partial charge in [0.25, 0.3) is 0 Å². The molecule has 15 heavy (non-hydrogen) atoms. The molecule has 2 nitrogen and oxygen atoms in total. The predicted octanol–water partition coefficient (Wildman–Crippen LogP) is 2.62. The zero-order chi connectivity index (χ0) is 11.3. The van der Waals surface area contributed by atoms with E-state index < -0.39 is 0 Å². The summed E-state index contributed by atoms with van der Waals surface area (Å²) in [6.45, 7) is 9.09. The molecular formula is C13H28N2. The van der Waals surface area contributed by atoms with Crippen molar-refractivity contribution in [2.45, 2.75) is 65.0 Å². The zero-order valence-electron chi connectivity index (χ0n) is 10.7. The van der Waals surface area contributed by atoms with Crippen molar-refractivity contribution in [3.8, 4) is 0 Å². The molecule has 0 bridgehead atoms. The molecule has 1 saturated heterocycles. The number of nitrogens with zero attached hydrogens (tertiary/aromatic N) is 1. The highest BCUT2D eigenvalue weighted by molar-refractivity contribution is 4.83. The van der Waals surface area contributed by atoms with Crippen LogP contribution in [0.5, 0.6) is 0 Å². The van der Waals surface area contributed by atoms with Gasteiger partial charge >= 0.3 is 0 Å². The van der Waals surface area contributed by atoms with Crippen LogP contribution in [-0.2, 0) is 0 Å². The molecule has 1 aliphatic rings. The maximum atomic E-state index is 5.90. The van der Waals surface area contributed by atoms with Gasteiger partial charge in [-0.2, -0.15) is 0 Å². The average molecular weight is 212 g/mol. The van der Waals surface area contributed by atoms with Crippen molar-refractivity contribution in [1.29, 1.82) is 0 Å². The summed E-state index contributed by atoms with van der Waals surface area (Å²) in [7, 11) is 0. The molecule has 0 spiro atoms. The van der Waals surface area contributed by atoms with Crippen LogP contribution >= 0.6 is 0 Å². The van der Waals surface area contributed by atoms with Gasteiger partial charge in [-0.1, -0.05) is 26.7 Å². The molecule has 1 fully saturated rings. The lowest BCUT2D eigenvalue weighted by molar-refractivity contribution is 0.0796. The SMILES string of the molecule is CCCCC(CN)N1CCC(C)CC1C. The Morgan fingerprint density at radius 2 is 2.13 bits per heavy atom. The lowest BCUT2D eigenvalue weighted by Gasteiger charge is -2.41. The Morgan fingerprint density at radius 1 is 1.40 bits per heavy atom. The van der Waals surface area contributed by atoms with Crippen molar-refractivity contribution < 1.29 is 0 Å². The smallest absolute Gasteiger partial charge is 0.0221 e. The molecule has 0 aromatic carbocycles. The highest BCUT2D eigenvalue weighted by Crippen LogP contribution is 2.25. The van der Waals surface area contributed by atoms with Gasteiger partial charge in [-0.25, -0.2) is 0 Å². The van der Waals surface area contributed by atoms with Crippen LogP contribution in [0.3, 0.4) is 0 Å². The van der Waals surface area contributed by atoms with E-state index in [4.69, 9.17) is 5.73 Å². The van der Waals surface area contributed by atoms with Crippen LogP contribution in [0.2, 0.25) is 0 Å². The zero-order valence-corrected chi connectivity index (χ0v) is 10.7. The molecule has 0 aliphatic carbocycles. The normalized spacial score (nSPS) is 30.4. The quantitative estimate of drug-likeness (QED) is 0.759. The molecule has 3 unspecified atom stereocenters. The second-order valence-corrected chi connectivity index (χ2v) is 5.25. The molecule has 0 amide bonds. The molecule has 0 saturated carbocycles. The summed E-state index contributed by atoms with van der Waals surface area (Å²) in [5.74, 6) is 0.904. The summed E-state index contributed by atoms with van der Waals surface area (Å²) in [4.78, 5) is 2.65. The van der Waals surface area contributed by atoms with Gasteiger partial charge in [-0.05, 0) is 38.6 Å². The summed E-state index contributed by atoms with van der Waals surface area (Å²) < 4.78 is 0. The van der Waals surface area contributed by atoms with Crippen molar-refractivity contribution in [1.82, 2.24) is 4.90 Å². The molecule has 2 heteroatoms. The first kappa shape index (κ1) is 13.0. The molecular weight excluding hydrogens is 184 g/mol. The van der Waals surface area contributed by atoms with Crippen LogP contribution in [0.25, 0.3) is 0 Å². The number of rotatable bonds is 5. The minimum Gasteiger partial charge on any atom is -0.329 e. The summed E-state index contributed by atoms with van der Waals surface area (Å²) in [5, 5.41) is 0. The maximum Gasteiger partial charge on any atom is 0.0221 e. The summed E-state index contributed by atoms with van der Waals surface area (Å²) >= 11 is 0. The summed E-state index contributed by atoms with van der Waals surface area (Å²) in [6.07, 6.45) is 6.59. The lowest BCUT2D eigenvalue weighted by atomic mass is 9.91. The molecule has 1 aliphatic heterocycles. The standard InChI is InChI=1S/C13H28N2/c1-4-5-6-13(10-14)15-8-7-11(2)9-12(15)3/h11-13H,4-10,14H2,1-3H3. The van der Waals surface area contributed by atoms with E-state index in [-0.39, 0.29) is 0 Å². The third kappa shape index (κ3) is 3.76. The second-order valence-electron chi connectivity index (χ2n) is 5.25. The van der Waals surface area contributed by atoms with Gasteiger partial charge in [0, 0.05) is 18.6 Å². The van der Waals surface area contributed by atoms with Crippen LogP contribution in [0, 0.1) is 5.92 Å². The highest BCUT2D eigenvalue weighted by atomic mass is 15.2. The van der Waals surface area contributed by atoms with E-state index >= 15 is 0 Å². The molecule has 0 aromatic heterocycles. The number of piperidine rings is 1. The number of hydrogen-bond donors (Lipinski definition) is 1. The second kappa shape index (κ2) is 6.49. The average Bonchev–Trinajstić information content (AvgIpc) is 2.21. The number of nitrogens with two attached hydrogens (primary N) is 1. The Morgan fingerprint density at radius 3 is 2.67 bits per heavy atom. The van der Waals surface area contributed by atoms with Crippen molar-refractivity contribution in [3.05, 3.63) is 0 Å². The van der Waals surface area contributed by atoms with E-state index in [1.807, 2.05) is 0 Å². The molecule has 0 radical (unpaired) electrons. The molecule has 1 heterocycles. The van der Waals surface area contributed by atoms with Crippen molar-refractivity contribution >= 4 is 0 Å². The van der Waals surface area contributed by atoms with Gasteiger partial charge in [-0.3, -0.25) is 4.90 Å². The Balaban J connectivity index is 2.44. The fraction of sp³-hybridized carbons (Fsp3) is 1.00. The minimum absolute atomic E-state index is 0.632. The van der Waals surface area contributed by atoms with Gasteiger partial charge in [0.2, 0.25) is 0 Å². The predicted molar refractivity (Wildman–Crippen MR) is 66.9 cm³/mol. The first-order chi connectivity index (χ1) is 7.19. The van der Waals surface area contributed by atoms with E-state index in [1.165, 1.54) is 38.6 Å². The first-order valence-corrected chi connectivity index (χ1v) is 6.64. The third-order valence-electron chi connectivity index (χ3n) is 3.82. The summed E-state index contributed by atoms with van der Waals surface area (Å²) in [5.41, 5.74) is 5.90. The topological polar surface area (TPSA) is 29.3 Å². The largest absolute Gasteiger partial charge is 0.329 e. The van der Waals surface area contributed by atoms with Crippen molar-refractivity contribution in [2.75, 3.05) is 13.1 Å². The monoisotopic (exact) mass is 212 g/mol. The van der Waals surface area contributed by atoms with Gasteiger partial charge in [0.05, 0.1) is 0 Å². The van der Waals surface area contributed by atoms with Crippen LogP contribution in [0.15, 0.2) is 0 Å². The number of hydrogen-bond acceptors (Lipinski definition) is 2. The van der Waals surface area contributed by atoms with Gasteiger partial charge in [0.15, 0.2) is 0 Å². The van der Waals surface area contributed by atoms with Crippen molar-refractivity contribution in [3.63, 3.8) is 0 Å². The van der Waals surface area contributed by atoms with Crippen LogP contribution in [0.1, 0.15) is 52.9 Å². The van der Waals surface area contributed by atoms with Crippen LogP contribution in [-0.4, -0.2) is 30.1 Å².